The summed E-state index contributed by atoms with van der Waals surface area (Å²) in [4.78, 5) is 4.51. The van der Waals surface area contributed by atoms with Gasteiger partial charge < -0.3 is 14.5 Å². The number of hydrogen-bond acceptors (Lipinski definition) is 4. The first-order valence-electron chi connectivity index (χ1n) is 8.45. The second kappa shape index (κ2) is 7.92. The average Bonchev–Trinajstić information content (AvgIpc) is 3.08. The van der Waals surface area contributed by atoms with Crippen molar-refractivity contribution in [2.45, 2.75) is 6.04 Å². The fraction of sp³-hybridized carbons (Fsp3) is 0.0952. The Bertz CT molecular complexity index is 1130. The number of fused-ring (bicyclic) bond motifs is 1. The van der Waals surface area contributed by atoms with Crippen LogP contribution in [0.5, 0.6) is 5.75 Å². The lowest BCUT2D eigenvalue weighted by Gasteiger charge is -2.21. The van der Waals surface area contributed by atoms with Crippen LogP contribution in [0.2, 0.25) is 15.1 Å². The highest BCUT2D eigenvalue weighted by molar-refractivity contribution is 6.31. The van der Waals surface area contributed by atoms with E-state index in [1.54, 1.807) is 25.3 Å². The highest BCUT2D eigenvalue weighted by atomic mass is 35.5. The zero-order chi connectivity index (χ0) is 19.7. The Hall–Kier alpha value is -2.40. The first-order chi connectivity index (χ1) is 13.5. The van der Waals surface area contributed by atoms with Gasteiger partial charge in [0.1, 0.15) is 11.3 Å². The number of anilines is 1. The Morgan fingerprint density at radius 3 is 2.32 bits per heavy atom. The summed E-state index contributed by atoms with van der Waals surface area (Å²) < 4.78 is 11.4. The average molecular weight is 434 g/mol. The molecule has 0 bridgehead atoms. The molecule has 0 aliphatic carbocycles. The van der Waals surface area contributed by atoms with Gasteiger partial charge in [-0.15, -0.1) is 0 Å². The number of hydrogen-bond donors (Lipinski definition) is 1. The minimum Gasteiger partial charge on any atom is -0.496 e. The first-order valence-corrected chi connectivity index (χ1v) is 9.58. The number of halogens is 3. The van der Waals surface area contributed by atoms with Crippen molar-refractivity contribution in [2.24, 2.45) is 0 Å². The van der Waals surface area contributed by atoms with Crippen LogP contribution in [0.1, 0.15) is 17.2 Å². The van der Waals surface area contributed by atoms with Gasteiger partial charge in [-0.05, 0) is 42.0 Å². The van der Waals surface area contributed by atoms with Crippen LogP contribution >= 0.6 is 34.8 Å². The van der Waals surface area contributed by atoms with E-state index in [0.717, 1.165) is 11.1 Å². The van der Waals surface area contributed by atoms with Gasteiger partial charge in [-0.2, -0.15) is 4.98 Å². The molecule has 0 spiro atoms. The third kappa shape index (κ3) is 3.90. The zero-order valence-electron chi connectivity index (χ0n) is 14.7. The van der Waals surface area contributed by atoms with Crippen molar-refractivity contribution in [3.63, 3.8) is 0 Å². The van der Waals surface area contributed by atoms with Crippen LogP contribution < -0.4 is 10.1 Å². The Kier molecular flexibility index (Phi) is 5.36. The van der Waals surface area contributed by atoms with Crippen LogP contribution in [-0.4, -0.2) is 12.1 Å². The maximum Gasteiger partial charge on any atom is 0.296 e. The minimum atomic E-state index is -0.298. The summed E-state index contributed by atoms with van der Waals surface area (Å²) in [6.07, 6.45) is 0. The third-order valence-corrected chi connectivity index (χ3v) is 5.05. The molecule has 1 heterocycles. The largest absolute Gasteiger partial charge is 0.496 e. The molecule has 1 N–H and O–H groups in total. The highest BCUT2D eigenvalue weighted by Crippen LogP contribution is 2.35. The van der Waals surface area contributed by atoms with Crippen molar-refractivity contribution in [2.75, 3.05) is 12.4 Å². The molecule has 0 unspecified atom stereocenters. The molecule has 0 aliphatic rings. The van der Waals surface area contributed by atoms with E-state index in [2.05, 4.69) is 10.3 Å². The summed E-state index contributed by atoms with van der Waals surface area (Å²) in [7, 11) is 1.61. The number of aromatic nitrogens is 1. The summed E-state index contributed by atoms with van der Waals surface area (Å²) in [5.74, 6) is 0.652. The smallest absolute Gasteiger partial charge is 0.296 e. The molecule has 142 valence electrons. The summed E-state index contributed by atoms with van der Waals surface area (Å²) in [5.41, 5.74) is 3.16. The fourth-order valence-electron chi connectivity index (χ4n) is 3.00. The van der Waals surface area contributed by atoms with E-state index in [1.165, 1.54) is 0 Å². The van der Waals surface area contributed by atoms with Crippen molar-refractivity contribution >= 4 is 51.9 Å². The third-order valence-electron chi connectivity index (χ3n) is 4.33. The lowest BCUT2D eigenvalue weighted by atomic mass is 9.98. The minimum absolute atomic E-state index is 0.298. The molecule has 7 heteroatoms. The molecule has 28 heavy (non-hydrogen) atoms. The quantitative estimate of drug-likeness (QED) is 0.368. The van der Waals surface area contributed by atoms with E-state index in [9.17, 15) is 0 Å². The predicted octanol–water partition coefficient (Wildman–Crippen LogP) is 7.00. The van der Waals surface area contributed by atoms with Crippen molar-refractivity contribution in [1.82, 2.24) is 4.98 Å². The van der Waals surface area contributed by atoms with Gasteiger partial charge in [0, 0.05) is 26.7 Å². The number of benzene rings is 3. The van der Waals surface area contributed by atoms with Crippen molar-refractivity contribution in [3.8, 4) is 5.75 Å². The zero-order valence-corrected chi connectivity index (χ0v) is 17.0. The van der Waals surface area contributed by atoms with Crippen LogP contribution in [0.4, 0.5) is 6.01 Å². The molecule has 4 rings (SSSR count). The Balaban J connectivity index is 1.79. The number of nitrogens with zero attached hydrogens (tertiary/aromatic N) is 1. The Morgan fingerprint density at radius 1 is 0.893 bits per heavy atom. The van der Waals surface area contributed by atoms with Crippen LogP contribution in [0.15, 0.2) is 65.1 Å². The fourth-order valence-corrected chi connectivity index (χ4v) is 3.45. The normalized spacial score (nSPS) is 12.1. The topological polar surface area (TPSA) is 47.3 Å². The molecule has 0 fully saturated rings. The molecule has 0 radical (unpaired) electrons. The molecule has 4 nitrogen and oxygen atoms in total. The summed E-state index contributed by atoms with van der Waals surface area (Å²) in [5, 5.41) is 5.18. The molecule has 1 atom stereocenters. The van der Waals surface area contributed by atoms with Crippen molar-refractivity contribution < 1.29 is 9.15 Å². The predicted molar refractivity (Wildman–Crippen MR) is 114 cm³/mol. The SMILES string of the molecule is COc1cc(Cl)ccc1[C@@H](Nc1nc2ccc(Cl)cc2o1)c1ccc(Cl)cc1. The molecular formula is C21H15Cl3N2O2. The summed E-state index contributed by atoms with van der Waals surface area (Å²) in [6, 6.07) is 18.4. The van der Waals surface area contributed by atoms with Crippen molar-refractivity contribution in [3.05, 3.63) is 86.9 Å². The van der Waals surface area contributed by atoms with Gasteiger partial charge in [0.15, 0.2) is 5.58 Å². The summed E-state index contributed by atoms with van der Waals surface area (Å²) in [6.45, 7) is 0. The molecule has 0 saturated heterocycles. The first kappa shape index (κ1) is 18.9. The summed E-state index contributed by atoms with van der Waals surface area (Å²) >= 11 is 18.2. The maximum atomic E-state index is 6.13. The van der Waals surface area contributed by atoms with Crippen LogP contribution in [0.25, 0.3) is 11.1 Å². The molecule has 0 saturated carbocycles. The number of nitrogens with one attached hydrogen (secondary N) is 1. The van der Waals surface area contributed by atoms with Gasteiger partial charge in [0.25, 0.3) is 6.01 Å². The Morgan fingerprint density at radius 2 is 1.57 bits per heavy atom. The van der Waals surface area contributed by atoms with Gasteiger partial charge in [0.05, 0.1) is 13.2 Å². The van der Waals surface area contributed by atoms with Crippen LogP contribution in [-0.2, 0) is 0 Å². The number of oxazole rings is 1. The number of ether oxygens (including phenoxy) is 1. The van der Waals surface area contributed by atoms with E-state index in [4.69, 9.17) is 44.0 Å². The lowest BCUT2D eigenvalue weighted by Crippen LogP contribution is -2.13. The van der Waals surface area contributed by atoms with Crippen LogP contribution in [0, 0.1) is 0 Å². The van der Waals surface area contributed by atoms with Gasteiger partial charge in [-0.1, -0.05) is 53.0 Å². The van der Waals surface area contributed by atoms with E-state index >= 15 is 0 Å². The molecular weight excluding hydrogens is 419 g/mol. The standard InChI is InChI=1S/C21H15Cl3N2O2/c1-27-18-10-14(23)6-8-16(18)20(12-2-4-13(22)5-3-12)26-21-25-17-9-7-15(24)11-19(17)28-21/h2-11,20H,1H3,(H,25,26)/t20-/m0/s1. The van der Waals surface area contributed by atoms with E-state index in [-0.39, 0.29) is 6.04 Å². The van der Waals surface area contributed by atoms with Crippen molar-refractivity contribution in [1.29, 1.82) is 0 Å². The Labute approximate surface area is 177 Å². The van der Waals surface area contributed by atoms with E-state index < -0.39 is 0 Å². The second-order valence-corrected chi connectivity index (χ2v) is 7.46. The van der Waals surface area contributed by atoms with Gasteiger partial charge in [-0.25, -0.2) is 0 Å². The van der Waals surface area contributed by atoms with E-state index in [1.807, 2.05) is 42.5 Å². The van der Waals surface area contributed by atoms with Gasteiger partial charge in [0.2, 0.25) is 0 Å². The maximum absolute atomic E-state index is 6.13. The highest BCUT2D eigenvalue weighted by Gasteiger charge is 2.21. The van der Waals surface area contributed by atoms with Gasteiger partial charge in [-0.3, -0.25) is 0 Å². The van der Waals surface area contributed by atoms with Gasteiger partial charge >= 0.3 is 0 Å². The number of rotatable bonds is 5. The molecule has 1 aromatic heterocycles. The molecule has 0 amide bonds. The molecule has 0 aliphatic heterocycles. The second-order valence-electron chi connectivity index (χ2n) is 6.15. The number of methoxy groups -OCH3 is 1. The molecule has 4 aromatic rings. The lowest BCUT2D eigenvalue weighted by molar-refractivity contribution is 0.408. The monoisotopic (exact) mass is 432 g/mol. The van der Waals surface area contributed by atoms with Crippen LogP contribution in [0.3, 0.4) is 0 Å². The van der Waals surface area contributed by atoms with E-state index in [0.29, 0.717) is 37.9 Å². The molecule has 3 aromatic carbocycles.